The average Bonchev–Trinajstić information content (AvgIpc) is 3.45. The summed E-state index contributed by atoms with van der Waals surface area (Å²) in [6, 6.07) is 12.3. The number of carbonyl (C=O) groups is 4. The number of halogens is 6. The van der Waals surface area contributed by atoms with E-state index in [1.165, 1.54) is 0 Å². The fourth-order valence-electron chi connectivity index (χ4n) is 4.68. The van der Waals surface area contributed by atoms with Crippen LogP contribution in [0.1, 0.15) is 36.9 Å². The molecule has 50 heavy (non-hydrogen) atoms. The summed E-state index contributed by atoms with van der Waals surface area (Å²) in [4.78, 5) is 71.6. The molecule has 1 aromatic carbocycles. The van der Waals surface area contributed by atoms with Crippen LogP contribution in [0.4, 0.5) is 26.3 Å². The number of carboxylic acids is 2. The summed E-state index contributed by atoms with van der Waals surface area (Å²) in [6.07, 6.45) is -5.76. The summed E-state index contributed by atoms with van der Waals surface area (Å²) in [7, 11) is -4.20. The second-order valence-electron chi connectivity index (χ2n) is 10.9. The number of aromatic amines is 1. The largest absolute Gasteiger partial charge is 0.490 e. The van der Waals surface area contributed by atoms with Crippen molar-refractivity contribution in [3.63, 3.8) is 0 Å². The van der Waals surface area contributed by atoms with Crippen molar-refractivity contribution in [2.24, 2.45) is 0 Å². The number of hydrogen-bond donors (Lipinski definition) is 7. The molecule has 0 aliphatic carbocycles. The molecule has 0 spiro atoms. The molecule has 1 aliphatic rings. The zero-order valence-electron chi connectivity index (χ0n) is 26.1. The van der Waals surface area contributed by atoms with Crippen LogP contribution in [0.25, 0.3) is 10.9 Å². The number of aromatic nitrogens is 2. The number of hydrogen-bond acceptors (Lipinski definition) is 7. The Morgan fingerprint density at radius 1 is 1.02 bits per heavy atom. The van der Waals surface area contributed by atoms with Gasteiger partial charge < -0.3 is 35.6 Å². The number of carbonyl (C=O) groups excluding carboxylic acids is 2. The van der Waals surface area contributed by atoms with Crippen molar-refractivity contribution in [1.29, 1.82) is 0 Å². The van der Waals surface area contributed by atoms with Gasteiger partial charge in [0.05, 0.1) is 18.7 Å². The lowest BCUT2D eigenvalue weighted by Gasteiger charge is -2.39. The van der Waals surface area contributed by atoms with E-state index in [0.717, 1.165) is 28.6 Å². The van der Waals surface area contributed by atoms with Gasteiger partial charge in [-0.1, -0.05) is 30.3 Å². The molecule has 276 valence electrons. The Hall–Kier alpha value is -4.52. The number of rotatable bonds is 9. The zero-order chi connectivity index (χ0) is 37.9. The van der Waals surface area contributed by atoms with Gasteiger partial charge in [-0.2, -0.15) is 26.3 Å². The number of amides is 2. The second kappa shape index (κ2) is 17.9. The van der Waals surface area contributed by atoms with Gasteiger partial charge in [-0.25, -0.2) is 9.59 Å². The van der Waals surface area contributed by atoms with Crippen LogP contribution in [0.2, 0.25) is 0 Å². The zero-order valence-corrected chi connectivity index (χ0v) is 27.0. The number of likely N-dealkylation sites (tertiary alicyclic amines) is 1. The van der Waals surface area contributed by atoms with Crippen molar-refractivity contribution in [3.05, 3.63) is 66.1 Å². The molecule has 14 nitrogen and oxygen atoms in total. The highest BCUT2D eigenvalue weighted by molar-refractivity contribution is 7.51. The predicted molar refractivity (Wildman–Crippen MR) is 164 cm³/mol. The molecule has 7 N–H and O–H groups in total. The van der Waals surface area contributed by atoms with Crippen LogP contribution in [0.3, 0.4) is 0 Å². The van der Waals surface area contributed by atoms with E-state index in [9.17, 15) is 50.3 Å². The smallest absolute Gasteiger partial charge is 0.475 e. The maximum Gasteiger partial charge on any atom is 0.490 e. The first-order valence-corrected chi connectivity index (χ1v) is 16.3. The molecule has 2 aromatic heterocycles. The lowest BCUT2D eigenvalue weighted by atomic mass is 9.85. The van der Waals surface area contributed by atoms with Crippen LogP contribution in [0.15, 0.2) is 54.9 Å². The van der Waals surface area contributed by atoms with Gasteiger partial charge in [0.25, 0.3) is 0 Å². The minimum Gasteiger partial charge on any atom is -0.475 e. The molecule has 4 rings (SSSR count). The van der Waals surface area contributed by atoms with E-state index in [1.54, 1.807) is 19.3 Å². The first-order chi connectivity index (χ1) is 23.1. The maximum atomic E-state index is 13.3. The van der Waals surface area contributed by atoms with Crippen molar-refractivity contribution >= 4 is 42.3 Å². The maximum absolute atomic E-state index is 13.3. The van der Waals surface area contributed by atoms with Gasteiger partial charge in [0, 0.05) is 35.5 Å². The first kappa shape index (κ1) is 41.7. The van der Waals surface area contributed by atoms with Gasteiger partial charge in [0.15, 0.2) is 0 Å². The summed E-state index contributed by atoms with van der Waals surface area (Å²) >= 11 is 0. The molecule has 0 saturated carbocycles. The Labute approximate surface area is 280 Å². The van der Waals surface area contributed by atoms with Gasteiger partial charge in [0.2, 0.25) is 11.8 Å². The highest BCUT2D eigenvalue weighted by Crippen LogP contribution is 2.36. The second-order valence-corrected chi connectivity index (χ2v) is 12.7. The molecule has 21 heteroatoms. The van der Waals surface area contributed by atoms with E-state index in [2.05, 4.69) is 20.6 Å². The number of nitrogens with zero attached hydrogens (tertiary/aromatic N) is 2. The third-order valence-corrected chi connectivity index (χ3v) is 7.91. The third kappa shape index (κ3) is 14.1. The standard InChI is InChI=1S/C25H32N5O5P.2C2HF3O2/c1-17(24(31)27-16-21-13-20-15-26-9-7-22(20)29-21)28-25(32)23-14-19(18-5-3-2-4-6-18)8-10-30(23)11-12-36(33,34)35;2*3-2(4,5)1(6)7/h2-7,9,13,15,17,19,23,29H,8,10-12,14,16H2,1H3,(H,27,31)(H,28,32)(H2,33,34,35);2*(H,6,7)/t17?,19-,23+;;/m0../s1. The van der Waals surface area contributed by atoms with Crippen LogP contribution in [-0.4, -0.2) is 102 Å². The van der Waals surface area contributed by atoms with Gasteiger partial charge in [-0.05, 0) is 49.9 Å². The molecule has 2 amide bonds. The fourth-order valence-corrected chi connectivity index (χ4v) is 5.20. The van der Waals surface area contributed by atoms with Crippen LogP contribution in [0, 0.1) is 0 Å². The van der Waals surface area contributed by atoms with Crippen LogP contribution in [-0.2, 0) is 30.3 Å². The molecule has 1 saturated heterocycles. The number of benzene rings is 1. The molecule has 3 aromatic rings. The van der Waals surface area contributed by atoms with Gasteiger partial charge in [0.1, 0.15) is 6.04 Å². The SMILES string of the molecule is CC(NC(=O)[C@H]1C[C@@H](c2ccccc2)CCN1CCP(=O)(O)O)C(=O)NCc1cc2cnccc2[nH]1.O=C(O)C(F)(F)F.O=C(O)C(F)(F)F. The van der Waals surface area contributed by atoms with Crippen LogP contribution < -0.4 is 10.6 Å². The van der Waals surface area contributed by atoms with Crippen molar-refractivity contribution in [2.75, 3.05) is 19.3 Å². The monoisotopic (exact) mass is 741 g/mol. The number of piperidine rings is 1. The number of fused-ring (bicyclic) bond motifs is 1. The van der Waals surface area contributed by atoms with E-state index in [1.807, 2.05) is 47.4 Å². The Morgan fingerprint density at radius 2 is 1.60 bits per heavy atom. The highest BCUT2D eigenvalue weighted by Gasteiger charge is 2.39. The Kier molecular flexibility index (Phi) is 14.9. The van der Waals surface area contributed by atoms with Crippen LogP contribution >= 0.6 is 7.60 Å². The van der Waals surface area contributed by atoms with Crippen molar-refractivity contribution < 1.29 is 70.1 Å². The Balaban J connectivity index is 0.000000521. The minimum absolute atomic E-state index is 0.111. The van der Waals surface area contributed by atoms with Gasteiger partial charge >= 0.3 is 31.9 Å². The quantitative estimate of drug-likeness (QED) is 0.124. The van der Waals surface area contributed by atoms with Gasteiger partial charge in [-0.15, -0.1) is 0 Å². The summed E-state index contributed by atoms with van der Waals surface area (Å²) in [5.74, 6) is -6.01. The predicted octanol–water partition coefficient (Wildman–Crippen LogP) is 3.38. The molecule has 1 unspecified atom stereocenters. The van der Waals surface area contributed by atoms with E-state index >= 15 is 0 Å². The van der Waals surface area contributed by atoms with E-state index in [4.69, 9.17) is 19.8 Å². The third-order valence-electron chi connectivity index (χ3n) is 7.13. The van der Waals surface area contributed by atoms with Gasteiger partial charge in [-0.3, -0.25) is 24.0 Å². The number of carboxylic acid groups (broad SMARTS) is 2. The molecule has 0 bridgehead atoms. The fraction of sp³-hybridized carbons (Fsp3) is 0.414. The lowest BCUT2D eigenvalue weighted by Crippen LogP contribution is -2.55. The Bertz CT molecular complexity index is 1590. The topological polar surface area (TPSA) is 222 Å². The summed E-state index contributed by atoms with van der Waals surface area (Å²) in [5.41, 5.74) is 2.88. The summed E-state index contributed by atoms with van der Waals surface area (Å²) in [6.45, 7) is 2.55. The molecular weight excluding hydrogens is 707 g/mol. The van der Waals surface area contributed by atoms with E-state index in [0.29, 0.717) is 13.0 Å². The Morgan fingerprint density at radius 3 is 2.12 bits per heavy atom. The number of aliphatic carboxylic acids is 2. The van der Waals surface area contributed by atoms with E-state index in [-0.39, 0.29) is 37.0 Å². The molecule has 3 atom stereocenters. The average molecular weight is 742 g/mol. The summed E-state index contributed by atoms with van der Waals surface area (Å²) < 4.78 is 74.9. The van der Waals surface area contributed by atoms with Crippen molar-refractivity contribution in [1.82, 2.24) is 25.5 Å². The summed E-state index contributed by atoms with van der Waals surface area (Å²) in [5, 5.41) is 20.8. The number of alkyl halides is 6. The molecule has 1 aliphatic heterocycles. The molecule has 3 heterocycles. The van der Waals surface area contributed by atoms with Crippen LogP contribution in [0.5, 0.6) is 0 Å². The van der Waals surface area contributed by atoms with Crippen molar-refractivity contribution in [3.8, 4) is 0 Å². The normalized spacial score (nSPS) is 17.3. The lowest BCUT2D eigenvalue weighted by molar-refractivity contribution is -0.193. The number of pyridine rings is 1. The number of H-pyrrole nitrogens is 1. The van der Waals surface area contributed by atoms with E-state index < -0.39 is 44.0 Å². The first-order valence-electron chi connectivity index (χ1n) is 14.5. The molecule has 1 fully saturated rings. The van der Waals surface area contributed by atoms with Crippen molar-refractivity contribution in [2.45, 2.75) is 56.7 Å². The molecular formula is C29H34F6N5O9P. The highest BCUT2D eigenvalue weighted by atomic mass is 31.2. The number of nitrogens with one attached hydrogen (secondary N) is 3. The minimum atomic E-state index is -5.08. The molecule has 0 radical (unpaired) electrons.